The Morgan fingerprint density at radius 3 is 1.24 bits per heavy atom. The van der Waals surface area contributed by atoms with Gasteiger partial charge in [0.2, 0.25) is 0 Å². The Morgan fingerprint density at radius 2 is 0.892 bits per heavy atom. The molecule has 0 radical (unpaired) electrons. The number of rotatable bonds is 4. The van der Waals surface area contributed by atoms with Gasteiger partial charge in [-0.2, -0.15) is 0 Å². The highest BCUT2D eigenvalue weighted by Crippen LogP contribution is 2.40. The van der Waals surface area contributed by atoms with Gasteiger partial charge in [0.05, 0.1) is 11.1 Å². The molecular formula is C33H30O4. The first kappa shape index (κ1) is 24.5. The molecule has 0 aliphatic heterocycles. The van der Waals surface area contributed by atoms with Crippen molar-refractivity contribution in [1.82, 2.24) is 0 Å². The van der Waals surface area contributed by atoms with Crippen molar-refractivity contribution in [2.45, 2.75) is 48.0 Å². The maximum Gasteiger partial charge on any atom is 0.343 e. The summed E-state index contributed by atoms with van der Waals surface area (Å²) in [5.74, 6) is 0.309. The minimum absolute atomic E-state index is 0.363. The fourth-order valence-corrected chi connectivity index (χ4v) is 4.93. The Kier molecular flexibility index (Phi) is 6.20. The third kappa shape index (κ3) is 4.67. The zero-order valence-corrected chi connectivity index (χ0v) is 22.1. The molecule has 0 N–H and O–H groups in total. The van der Waals surface area contributed by atoms with E-state index in [2.05, 4.69) is 13.8 Å². The number of carbonyl (C=O) groups is 2. The minimum atomic E-state index is -0.363. The molecule has 1 aliphatic rings. The number of hydrogen-bond donors (Lipinski definition) is 0. The number of esters is 2. The van der Waals surface area contributed by atoms with E-state index in [4.69, 9.17) is 9.47 Å². The van der Waals surface area contributed by atoms with Crippen molar-refractivity contribution in [3.63, 3.8) is 0 Å². The first-order chi connectivity index (χ1) is 17.6. The summed E-state index contributed by atoms with van der Waals surface area (Å²) >= 11 is 0. The third-order valence-corrected chi connectivity index (χ3v) is 7.57. The molecule has 37 heavy (non-hydrogen) atoms. The normalized spacial score (nSPS) is 11.6. The van der Waals surface area contributed by atoms with Crippen LogP contribution in [0.15, 0.2) is 60.7 Å². The molecule has 4 aromatic carbocycles. The molecule has 1 aliphatic carbocycles. The fourth-order valence-electron chi connectivity index (χ4n) is 4.93. The molecule has 0 unspecified atom stereocenters. The molecule has 0 spiro atoms. The molecule has 5 rings (SSSR count). The summed E-state index contributed by atoms with van der Waals surface area (Å²) in [4.78, 5) is 25.6. The number of fused-ring (bicyclic) bond motifs is 3. The lowest BCUT2D eigenvalue weighted by Gasteiger charge is -2.10. The molecule has 0 saturated carbocycles. The smallest absolute Gasteiger partial charge is 0.343 e. The summed E-state index contributed by atoms with van der Waals surface area (Å²) in [6.45, 7) is 12.1. The summed E-state index contributed by atoms with van der Waals surface area (Å²) in [5, 5.41) is 0. The van der Waals surface area contributed by atoms with E-state index in [1.165, 1.54) is 11.1 Å². The quantitative estimate of drug-likeness (QED) is 0.193. The van der Waals surface area contributed by atoms with Gasteiger partial charge in [-0.05, 0) is 152 Å². The first-order valence-electron chi connectivity index (χ1n) is 12.5. The zero-order chi connectivity index (χ0) is 26.4. The topological polar surface area (TPSA) is 52.6 Å². The summed E-state index contributed by atoms with van der Waals surface area (Å²) in [6.07, 6.45) is 0.674. The van der Waals surface area contributed by atoms with Crippen LogP contribution in [0.2, 0.25) is 0 Å². The number of ether oxygens (including phenoxy) is 2. The highest BCUT2D eigenvalue weighted by Gasteiger charge is 2.22. The fraction of sp³-hybridized carbons (Fsp3) is 0.212. The highest BCUT2D eigenvalue weighted by atomic mass is 16.5. The van der Waals surface area contributed by atoms with E-state index in [1.54, 1.807) is 0 Å². The van der Waals surface area contributed by atoms with Crippen LogP contribution in [0.25, 0.3) is 11.1 Å². The Morgan fingerprint density at radius 1 is 0.541 bits per heavy atom. The number of hydrogen-bond acceptors (Lipinski definition) is 4. The van der Waals surface area contributed by atoms with Crippen LogP contribution < -0.4 is 9.47 Å². The van der Waals surface area contributed by atoms with E-state index in [0.29, 0.717) is 29.0 Å². The van der Waals surface area contributed by atoms with Gasteiger partial charge in [-0.1, -0.05) is 12.1 Å². The summed E-state index contributed by atoms with van der Waals surface area (Å²) in [7, 11) is 0. The van der Waals surface area contributed by atoms with Crippen LogP contribution in [-0.2, 0) is 6.42 Å². The predicted molar refractivity (Wildman–Crippen MR) is 146 cm³/mol. The van der Waals surface area contributed by atoms with E-state index < -0.39 is 0 Å². The maximum atomic E-state index is 12.8. The van der Waals surface area contributed by atoms with Crippen LogP contribution in [0, 0.1) is 41.5 Å². The van der Waals surface area contributed by atoms with Gasteiger partial charge in [-0.3, -0.25) is 0 Å². The van der Waals surface area contributed by atoms with Gasteiger partial charge in [0.1, 0.15) is 11.5 Å². The van der Waals surface area contributed by atoms with Crippen LogP contribution in [-0.4, -0.2) is 11.9 Å². The Balaban J connectivity index is 1.32. The van der Waals surface area contributed by atoms with Crippen LogP contribution >= 0.6 is 0 Å². The second-order valence-corrected chi connectivity index (χ2v) is 10.1. The molecule has 0 saturated heterocycles. The van der Waals surface area contributed by atoms with Crippen molar-refractivity contribution in [3.8, 4) is 22.6 Å². The lowest BCUT2D eigenvalue weighted by atomic mass is 10.0. The second-order valence-electron chi connectivity index (χ2n) is 10.1. The van der Waals surface area contributed by atoms with Gasteiger partial charge in [0, 0.05) is 0 Å². The Labute approximate surface area is 217 Å². The van der Waals surface area contributed by atoms with Gasteiger partial charge in [-0.25, -0.2) is 9.59 Å². The molecule has 4 heteroatoms. The van der Waals surface area contributed by atoms with Gasteiger partial charge in [0.15, 0.2) is 0 Å². The van der Waals surface area contributed by atoms with Gasteiger partial charge in [-0.15, -0.1) is 0 Å². The number of benzene rings is 4. The molecule has 0 amide bonds. The lowest BCUT2D eigenvalue weighted by Crippen LogP contribution is -2.10. The summed E-state index contributed by atoms with van der Waals surface area (Å²) in [5.41, 5.74) is 12.1. The van der Waals surface area contributed by atoms with Crippen molar-refractivity contribution in [1.29, 1.82) is 0 Å². The zero-order valence-electron chi connectivity index (χ0n) is 22.1. The second kappa shape index (κ2) is 9.36. The third-order valence-electron chi connectivity index (χ3n) is 7.57. The standard InChI is InChI=1S/C33H30O4/c1-18-11-26(12-19(2)22(18)5)32(34)36-28-7-9-30-24(16-28)15-25-17-29(8-10-31(25)30)37-33(35)27-13-20(3)23(6)21(4)14-27/h7-14,16-17H,15H2,1-6H3. The summed E-state index contributed by atoms with van der Waals surface area (Å²) < 4.78 is 11.4. The van der Waals surface area contributed by atoms with Crippen LogP contribution in [0.3, 0.4) is 0 Å². The maximum absolute atomic E-state index is 12.8. The number of aryl methyl sites for hydroxylation is 4. The van der Waals surface area contributed by atoms with E-state index in [1.807, 2.05) is 88.4 Å². The SMILES string of the molecule is Cc1cc(C(=O)Oc2ccc3c(c2)Cc2cc(OC(=O)c4cc(C)c(C)c(C)c4)ccc2-3)cc(C)c1C. The largest absolute Gasteiger partial charge is 0.423 e. The molecule has 0 heterocycles. The Bertz CT molecular complexity index is 1430. The lowest BCUT2D eigenvalue weighted by molar-refractivity contribution is 0.0725. The Hall–Kier alpha value is -4.18. The van der Waals surface area contributed by atoms with E-state index >= 15 is 0 Å². The van der Waals surface area contributed by atoms with Crippen molar-refractivity contribution < 1.29 is 19.1 Å². The average molecular weight is 491 g/mol. The van der Waals surface area contributed by atoms with Crippen LogP contribution in [0.5, 0.6) is 11.5 Å². The molecular weight excluding hydrogens is 460 g/mol. The minimum Gasteiger partial charge on any atom is -0.423 e. The highest BCUT2D eigenvalue weighted by molar-refractivity contribution is 5.93. The average Bonchev–Trinajstić information content (AvgIpc) is 3.21. The van der Waals surface area contributed by atoms with Crippen LogP contribution in [0.4, 0.5) is 0 Å². The molecule has 4 nitrogen and oxygen atoms in total. The number of carbonyl (C=O) groups excluding carboxylic acids is 2. The molecule has 0 atom stereocenters. The van der Waals surface area contributed by atoms with E-state index in [0.717, 1.165) is 44.5 Å². The van der Waals surface area contributed by atoms with Crippen molar-refractivity contribution >= 4 is 11.9 Å². The molecule has 186 valence electrons. The van der Waals surface area contributed by atoms with Crippen molar-refractivity contribution in [2.75, 3.05) is 0 Å². The molecule has 4 aromatic rings. The molecule has 0 aromatic heterocycles. The monoisotopic (exact) mass is 490 g/mol. The molecule has 0 bridgehead atoms. The van der Waals surface area contributed by atoms with Crippen molar-refractivity contribution in [3.05, 3.63) is 116 Å². The van der Waals surface area contributed by atoms with Gasteiger partial charge in [0.25, 0.3) is 0 Å². The van der Waals surface area contributed by atoms with Gasteiger partial charge < -0.3 is 9.47 Å². The van der Waals surface area contributed by atoms with E-state index in [-0.39, 0.29) is 11.9 Å². The van der Waals surface area contributed by atoms with E-state index in [9.17, 15) is 9.59 Å². The van der Waals surface area contributed by atoms with Crippen LogP contribution in [0.1, 0.15) is 65.2 Å². The van der Waals surface area contributed by atoms with Crippen molar-refractivity contribution in [2.24, 2.45) is 0 Å². The molecule has 0 fully saturated rings. The first-order valence-corrected chi connectivity index (χ1v) is 12.5. The summed E-state index contributed by atoms with van der Waals surface area (Å²) in [6, 6.07) is 19.0. The predicted octanol–water partition coefficient (Wildman–Crippen LogP) is 7.55. The van der Waals surface area contributed by atoms with Gasteiger partial charge >= 0.3 is 11.9 Å².